The fraction of sp³-hybridized carbons (Fsp3) is 0.0667. The topological polar surface area (TPSA) is 69.6 Å². The van der Waals surface area contributed by atoms with Crippen molar-refractivity contribution < 1.29 is 24.5 Å². The summed E-state index contributed by atoms with van der Waals surface area (Å²) in [5.41, 5.74) is 7.79. The molecule has 0 N–H and O–H groups in total. The van der Waals surface area contributed by atoms with Crippen molar-refractivity contribution in [3.63, 3.8) is 0 Å². The van der Waals surface area contributed by atoms with Crippen LogP contribution in [0.3, 0.4) is 0 Å². The smallest absolute Gasteiger partial charge is 0.191 e. The summed E-state index contributed by atoms with van der Waals surface area (Å²) in [4.78, 5) is 9.51. The van der Waals surface area contributed by atoms with Gasteiger partial charge in [-0.1, -0.05) is 116 Å². The third kappa shape index (κ3) is 6.25. The Labute approximate surface area is 321 Å². The molecule has 0 amide bonds. The monoisotopic (exact) mass is 880 g/mol. The summed E-state index contributed by atoms with van der Waals surface area (Å²) >= 11 is 0. The second-order valence-electron chi connectivity index (χ2n) is 13.8. The van der Waals surface area contributed by atoms with E-state index in [0.29, 0.717) is 5.65 Å². The van der Waals surface area contributed by atoms with Crippen LogP contribution in [0, 0.1) is 12.1 Å². The zero-order chi connectivity index (χ0) is 35.2. The summed E-state index contributed by atoms with van der Waals surface area (Å²) in [6, 6.07) is 53.7. The summed E-state index contributed by atoms with van der Waals surface area (Å²) in [5.74, 6) is 0.718. The van der Waals surface area contributed by atoms with Gasteiger partial charge in [0, 0.05) is 48.1 Å². The van der Waals surface area contributed by atoms with Crippen LogP contribution in [0.5, 0.6) is 0 Å². The van der Waals surface area contributed by atoms with E-state index in [9.17, 15) is 0 Å². The van der Waals surface area contributed by atoms with E-state index in [-0.39, 0.29) is 20.1 Å². The fourth-order valence-corrected chi connectivity index (χ4v) is 7.80. The Morgan fingerprint density at radius 3 is 2.15 bits per heavy atom. The van der Waals surface area contributed by atoms with E-state index in [1.54, 1.807) is 0 Å². The van der Waals surface area contributed by atoms with Crippen LogP contribution in [0.4, 0.5) is 0 Å². The molecule has 53 heavy (non-hydrogen) atoms. The maximum atomic E-state index is 6.61. The Kier molecular flexibility index (Phi) is 9.04. The van der Waals surface area contributed by atoms with Gasteiger partial charge in [-0.15, -0.1) is 64.3 Å². The zero-order valence-corrected chi connectivity index (χ0v) is 32.7. The minimum Gasteiger partial charge on any atom is -0.500 e. The van der Waals surface area contributed by atoms with Gasteiger partial charge in [-0.3, -0.25) is 4.98 Å². The Morgan fingerprint density at radius 1 is 0.623 bits per heavy atom. The molecule has 6 nitrogen and oxygen atoms in total. The number of fused-ring (bicyclic) bond motifs is 8. The number of para-hydroxylation sites is 1. The molecule has 0 atom stereocenters. The third-order valence-electron chi connectivity index (χ3n) is 9.45. The van der Waals surface area contributed by atoms with Crippen molar-refractivity contribution in [2.24, 2.45) is 0 Å². The van der Waals surface area contributed by atoms with Gasteiger partial charge in [-0.2, -0.15) is 0 Å². The third-order valence-corrected chi connectivity index (χ3v) is 11.5. The van der Waals surface area contributed by atoms with E-state index in [4.69, 9.17) is 9.40 Å². The van der Waals surface area contributed by atoms with E-state index < -0.39 is 8.07 Å². The molecule has 0 saturated carbocycles. The zero-order valence-electron chi connectivity index (χ0n) is 29.3. The number of aromatic nitrogens is 5. The molecule has 4 heterocycles. The molecule has 0 aliphatic heterocycles. The number of pyridine rings is 1. The molecule has 10 rings (SSSR count). The summed E-state index contributed by atoms with van der Waals surface area (Å²) in [6.07, 6.45) is 2.02. The molecule has 1 radical (unpaired) electrons. The molecule has 0 fully saturated rings. The first-order chi connectivity index (χ1) is 25.4. The number of hydrogen-bond acceptors (Lipinski definition) is 5. The Hall–Kier alpha value is -5.79. The van der Waals surface area contributed by atoms with Crippen molar-refractivity contribution >= 4 is 68.0 Å². The minimum absolute atomic E-state index is 0. The predicted octanol–water partition coefficient (Wildman–Crippen LogP) is 10.6. The van der Waals surface area contributed by atoms with Gasteiger partial charge in [0.25, 0.3) is 0 Å². The molecule has 0 aliphatic carbocycles. The second-order valence-corrected chi connectivity index (χ2v) is 18.9. The fourth-order valence-electron chi connectivity index (χ4n) is 6.76. The van der Waals surface area contributed by atoms with Gasteiger partial charge in [-0.25, -0.2) is 0 Å². The van der Waals surface area contributed by atoms with E-state index in [1.807, 2.05) is 85.1 Å². The van der Waals surface area contributed by atoms with Crippen LogP contribution in [0.2, 0.25) is 19.6 Å². The van der Waals surface area contributed by atoms with Gasteiger partial charge in [0.2, 0.25) is 0 Å². The van der Waals surface area contributed by atoms with Gasteiger partial charge in [0.1, 0.15) is 5.58 Å². The van der Waals surface area contributed by atoms with Crippen LogP contribution in [-0.2, 0) is 20.1 Å². The van der Waals surface area contributed by atoms with Crippen LogP contribution in [0.1, 0.15) is 0 Å². The molecular formula is C45H33IrN5OSi-2. The molecule has 0 saturated heterocycles. The van der Waals surface area contributed by atoms with Crippen LogP contribution in [0.15, 0.2) is 150 Å². The van der Waals surface area contributed by atoms with Gasteiger partial charge in [0.05, 0.1) is 30.5 Å². The molecule has 6 aromatic carbocycles. The first-order valence-electron chi connectivity index (χ1n) is 17.3. The summed E-state index contributed by atoms with van der Waals surface area (Å²) in [5, 5.41) is 15.6. The van der Waals surface area contributed by atoms with E-state index in [0.717, 1.165) is 77.5 Å². The number of rotatable bonds is 4. The molecule has 4 aromatic heterocycles. The first-order valence-corrected chi connectivity index (χ1v) is 20.8. The van der Waals surface area contributed by atoms with Gasteiger partial charge >= 0.3 is 0 Å². The molecule has 10 aromatic rings. The number of furan rings is 1. The van der Waals surface area contributed by atoms with Crippen LogP contribution < -0.4 is 5.19 Å². The SMILES string of the molecule is C[Si](C)(C)c1ccc(-c2[c-]cccc2)nc1.[Ir].[c-]1ccc2c(oc3c4ccccc4ccc23)c1-c1nc2nnc3ccccc3c2n1-c1ccccc1. The van der Waals surface area contributed by atoms with Gasteiger partial charge in [0.15, 0.2) is 5.65 Å². The van der Waals surface area contributed by atoms with E-state index in [2.05, 4.69) is 112 Å². The van der Waals surface area contributed by atoms with E-state index in [1.165, 1.54) is 5.19 Å². The van der Waals surface area contributed by atoms with Crippen LogP contribution in [0.25, 0.3) is 83.1 Å². The Morgan fingerprint density at radius 2 is 1.38 bits per heavy atom. The predicted molar refractivity (Wildman–Crippen MR) is 215 cm³/mol. The number of hydrogen-bond donors (Lipinski definition) is 0. The Balaban J connectivity index is 0.000000199. The maximum absolute atomic E-state index is 6.61. The van der Waals surface area contributed by atoms with Crippen LogP contribution >= 0.6 is 0 Å². The largest absolute Gasteiger partial charge is 0.500 e. The average molecular weight is 880 g/mol. The number of benzene rings is 6. The first kappa shape index (κ1) is 34.3. The minimum atomic E-state index is -1.23. The molecule has 0 unspecified atom stereocenters. The average Bonchev–Trinajstić information content (AvgIpc) is 3.78. The van der Waals surface area contributed by atoms with Crippen LogP contribution in [-0.4, -0.2) is 32.8 Å². The molecule has 8 heteroatoms. The summed E-state index contributed by atoms with van der Waals surface area (Å²) < 4.78 is 8.75. The van der Waals surface area contributed by atoms with Crippen molar-refractivity contribution in [3.8, 4) is 28.3 Å². The van der Waals surface area contributed by atoms with Crippen molar-refractivity contribution in [3.05, 3.63) is 158 Å². The van der Waals surface area contributed by atoms with Gasteiger partial charge < -0.3 is 14.0 Å². The quantitative estimate of drug-likeness (QED) is 0.130. The van der Waals surface area contributed by atoms with Crippen molar-refractivity contribution in [1.82, 2.24) is 24.7 Å². The summed E-state index contributed by atoms with van der Waals surface area (Å²) in [7, 11) is -1.23. The number of nitrogens with zero attached hydrogens (tertiary/aromatic N) is 5. The normalized spacial score (nSPS) is 11.5. The van der Waals surface area contributed by atoms with Crippen molar-refractivity contribution in [1.29, 1.82) is 0 Å². The molecule has 0 aliphatic rings. The van der Waals surface area contributed by atoms with Gasteiger partial charge in [-0.05, 0) is 34.5 Å². The molecule has 0 bridgehead atoms. The standard InChI is InChI=1S/C31H17N4O.C14H16NSi.Ir/c1-2-10-20(11-3-1)35-27-24-13-6-7-16-26(24)33-34-30(27)32-31(35)25-15-8-14-22-23-18-17-19-9-4-5-12-21(19)28(23)36-29(22)25;1-16(2,3)13-9-10-14(15-11-13)12-7-5-4-6-8-12;/h1-14,16-18H;4-7,9-11H,1-3H3;/q2*-1;. The van der Waals surface area contributed by atoms with Crippen molar-refractivity contribution in [2.45, 2.75) is 19.6 Å². The van der Waals surface area contributed by atoms with E-state index >= 15 is 0 Å². The molecule has 0 spiro atoms. The molecular weight excluding hydrogens is 847 g/mol. The number of imidazole rings is 1. The molecule has 259 valence electrons. The second kappa shape index (κ2) is 14.0. The maximum Gasteiger partial charge on any atom is 0.191 e. The Bertz CT molecular complexity index is 2880. The van der Waals surface area contributed by atoms with Crippen molar-refractivity contribution in [2.75, 3.05) is 0 Å². The summed E-state index contributed by atoms with van der Waals surface area (Å²) in [6.45, 7) is 7.00.